The standard InChI is InChI=1S/C12H16N4O5/c1-7-12(16(19)20)8(2)15(14-7)5-11(18)21-6-10(17)13-9-3-4-9/h9H,3-6H2,1-2H3,(H,13,17). The SMILES string of the molecule is Cc1nn(CC(=O)OCC(=O)NC2CC2)c(C)c1[N+](=O)[O-]. The Morgan fingerprint density at radius 1 is 1.48 bits per heavy atom. The van der Waals surface area contributed by atoms with Gasteiger partial charge in [0.2, 0.25) is 0 Å². The van der Waals surface area contributed by atoms with Crippen molar-refractivity contribution in [1.29, 1.82) is 0 Å². The van der Waals surface area contributed by atoms with Gasteiger partial charge in [-0.15, -0.1) is 0 Å². The fourth-order valence-corrected chi connectivity index (χ4v) is 1.92. The summed E-state index contributed by atoms with van der Waals surface area (Å²) in [6, 6.07) is 0.204. The topological polar surface area (TPSA) is 116 Å². The van der Waals surface area contributed by atoms with Gasteiger partial charge in [-0.1, -0.05) is 0 Å². The highest BCUT2D eigenvalue weighted by Crippen LogP contribution is 2.21. The van der Waals surface area contributed by atoms with E-state index in [-0.39, 0.29) is 42.2 Å². The van der Waals surface area contributed by atoms with E-state index < -0.39 is 10.9 Å². The normalized spacial score (nSPS) is 13.8. The Labute approximate surface area is 120 Å². The number of esters is 1. The number of aromatic nitrogens is 2. The van der Waals surface area contributed by atoms with E-state index in [2.05, 4.69) is 10.4 Å². The maximum Gasteiger partial charge on any atom is 0.328 e. The number of amides is 1. The largest absolute Gasteiger partial charge is 0.454 e. The number of carbonyl (C=O) groups is 2. The zero-order valence-electron chi connectivity index (χ0n) is 11.8. The van der Waals surface area contributed by atoms with Crippen molar-refractivity contribution < 1.29 is 19.2 Å². The van der Waals surface area contributed by atoms with Gasteiger partial charge in [-0.2, -0.15) is 5.10 Å². The lowest BCUT2D eigenvalue weighted by molar-refractivity contribution is -0.386. The van der Waals surface area contributed by atoms with E-state index in [1.807, 2.05) is 0 Å². The highest BCUT2D eigenvalue weighted by molar-refractivity contribution is 5.80. The quantitative estimate of drug-likeness (QED) is 0.456. The van der Waals surface area contributed by atoms with Gasteiger partial charge < -0.3 is 10.1 Å². The molecule has 1 aromatic rings. The molecule has 9 heteroatoms. The summed E-state index contributed by atoms with van der Waals surface area (Å²) in [7, 11) is 0. The summed E-state index contributed by atoms with van der Waals surface area (Å²) in [5.74, 6) is -1.01. The second kappa shape index (κ2) is 5.90. The maximum atomic E-state index is 11.6. The molecule has 0 spiro atoms. The van der Waals surface area contributed by atoms with E-state index in [4.69, 9.17) is 4.74 Å². The van der Waals surface area contributed by atoms with Crippen LogP contribution in [0.5, 0.6) is 0 Å². The zero-order valence-corrected chi connectivity index (χ0v) is 11.8. The molecule has 1 aliphatic carbocycles. The fourth-order valence-electron chi connectivity index (χ4n) is 1.92. The summed E-state index contributed by atoms with van der Waals surface area (Å²) in [6.45, 7) is 2.38. The summed E-state index contributed by atoms with van der Waals surface area (Å²) in [6.07, 6.45) is 1.91. The summed E-state index contributed by atoms with van der Waals surface area (Å²) >= 11 is 0. The third-order valence-electron chi connectivity index (χ3n) is 3.11. The molecule has 0 atom stereocenters. The minimum atomic E-state index is -0.665. The minimum Gasteiger partial charge on any atom is -0.454 e. The minimum absolute atomic E-state index is 0.116. The summed E-state index contributed by atoms with van der Waals surface area (Å²) in [5.41, 5.74) is 0.392. The monoisotopic (exact) mass is 296 g/mol. The molecule has 1 aromatic heterocycles. The number of ether oxygens (including phenoxy) is 1. The molecule has 21 heavy (non-hydrogen) atoms. The molecule has 1 saturated carbocycles. The Hall–Kier alpha value is -2.45. The van der Waals surface area contributed by atoms with E-state index in [0.717, 1.165) is 12.8 Å². The van der Waals surface area contributed by atoms with Crippen LogP contribution < -0.4 is 5.32 Å². The molecule has 1 fully saturated rings. The van der Waals surface area contributed by atoms with Gasteiger partial charge in [-0.25, -0.2) is 0 Å². The summed E-state index contributed by atoms with van der Waals surface area (Å²) in [4.78, 5) is 33.3. The van der Waals surface area contributed by atoms with Crippen LogP contribution in [0.1, 0.15) is 24.2 Å². The Morgan fingerprint density at radius 3 is 2.67 bits per heavy atom. The first kappa shape index (κ1) is 14.9. The van der Waals surface area contributed by atoms with E-state index in [1.54, 1.807) is 0 Å². The molecule has 0 aromatic carbocycles. The number of nitrogens with one attached hydrogen (secondary N) is 1. The van der Waals surface area contributed by atoms with Gasteiger partial charge in [-0.3, -0.25) is 24.4 Å². The van der Waals surface area contributed by atoms with Gasteiger partial charge in [0.05, 0.1) is 4.92 Å². The molecule has 114 valence electrons. The molecule has 0 unspecified atom stereocenters. The van der Waals surface area contributed by atoms with Crippen LogP contribution in [0.4, 0.5) is 5.69 Å². The highest BCUT2D eigenvalue weighted by atomic mass is 16.6. The molecule has 0 aliphatic heterocycles. The second-order valence-electron chi connectivity index (χ2n) is 4.94. The Balaban J connectivity index is 1.88. The van der Waals surface area contributed by atoms with E-state index in [9.17, 15) is 19.7 Å². The average Bonchev–Trinajstić information content (AvgIpc) is 3.14. The van der Waals surface area contributed by atoms with Crippen LogP contribution in [0, 0.1) is 24.0 Å². The number of rotatable bonds is 6. The molecule has 1 amide bonds. The molecular formula is C12H16N4O5. The van der Waals surface area contributed by atoms with Crippen molar-refractivity contribution in [2.75, 3.05) is 6.61 Å². The third-order valence-corrected chi connectivity index (χ3v) is 3.11. The molecule has 0 radical (unpaired) electrons. The number of nitrogens with zero attached hydrogens (tertiary/aromatic N) is 3. The van der Waals surface area contributed by atoms with Crippen molar-refractivity contribution in [2.24, 2.45) is 0 Å². The van der Waals surface area contributed by atoms with Gasteiger partial charge in [0.1, 0.15) is 17.9 Å². The number of aryl methyl sites for hydroxylation is 1. The van der Waals surface area contributed by atoms with Crippen LogP contribution in [0.15, 0.2) is 0 Å². The van der Waals surface area contributed by atoms with Crippen molar-refractivity contribution in [3.63, 3.8) is 0 Å². The Bertz CT molecular complexity index is 591. The number of hydrogen-bond donors (Lipinski definition) is 1. The molecule has 0 saturated heterocycles. The van der Waals surface area contributed by atoms with Crippen LogP contribution >= 0.6 is 0 Å². The molecule has 2 rings (SSSR count). The number of hydrogen-bond acceptors (Lipinski definition) is 6. The smallest absolute Gasteiger partial charge is 0.328 e. The first-order chi connectivity index (χ1) is 9.88. The van der Waals surface area contributed by atoms with Crippen LogP contribution in [0.3, 0.4) is 0 Å². The predicted molar refractivity (Wildman–Crippen MR) is 70.5 cm³/mol. The molecule has 1 aliphatic rings. The van der Waals surface area contributed by atoms with Crippen molar-refractivity contribution >= 4 is 17.6 Å². The Kier molecular flexibility index (Phi) is 4.20. The Morgan fingerprint density at radius 2 is 2.14 bits per heavy atom. The highest BCUT2D eigenvalue weighted by Gasteiger charge is 2.25. The lowest BCUT2D eigenvalue weighted by Crippen LogP contribution is -2.31. The van der Waals surface area contributed by atoms with Crippen molar-refractivity contribution in [3.8, 4) is 0 Å². The van der Waals surface area contributed by atoms with Gasteiger partial charge >= 0.3 is 11.7 Å². The number of nitro groups is 1. The molecule has 9 nitrogen and oxygen atoms in total. The lowest BCUT2D eigenvalue weighted by Gasteiger charge is -2.06. The zero-order chi connectivity index (χ0) is 15.6. The van der Waals surface area contributed by atoms with Crippen LogP contribution in [0.2, 0.25) is 0 Å². The molecule has 1 heterocycles. The summed E-state index contributed by atoms with van der Waals surface area (Å²) in [5, 5.41) is 17.5. The van der Waals surface area contributed by atoms with Gasteiger partial charge in [0.25, 0.3) is 5.91 Å². The van der Waals surface area contributed by atoms with Crippen LogP contribution in [-0.4, -0.2) is 39.2 Å². The van der Waals surface area contributed by atoms with E-state index >= 15 is 0 Å². The van der Waals surface area contributed by atoms with Crippen molar-refractivity contribution in [1.82, 2.24) is 15.1 Å². The first-order valence-corrected chi connectivity index (χ1v) is 6.52. The van der Waals surface area contributed by atoms with Crippen molar-refractivity contribution in [3.05, 3.63) is 21.5 Å². The second-order valence-corrected chi connectivity index (χ2v) is 4.94. The van der Waals surface area contributed by atoms with Crippen LogP contribution in [-0.2, 0) is 20.9 Å². The van der Waals surface area contributed by atoms with Gasteiger partial charge in [0, 0.05) is 6.04 Å². The maximum absolute atomic E-state index is 11.6. The van der Waals surface area contributed by atoms with E-state index in [0.29, 0.717) is 0 Å². The first-order valence-electron chi connectivity index (χ1n) is 6.52. The molecular weight excluding hydrogens is 280 g/mol. The fraction of sp³-hybridized carbons (Fsp3) is 0.583. The third kappa shape index (κ3) is 3.77. The van der Waals surface area contributed by atoms with Gasteiger partial charge in [0.15, 0.2) is 6.61 Å². The summed E-state index contributed by atoms with van der Waals surface area (Å²) < 4.78 is 6.02. The average molecular weight is 296 g/mol. The lowest BCUT2D eigenvalue weighted by atomic mass is 10.3. The molecule has 0 bridgehead atoms. The predicted octanol–water partition coefficient (Wildman–Crippen LogP) is 0.230. The number of carbonyl (C=O) groups excluding carboxylic acids is 2. The molecule has 1 N–H and O–H groups in total. The van der Waals surface area contributed by atoms with Crippen LogP contribution in [0.25, 0.3) is 0 Å². The van der Waals surface area contributed by atoms with Crippen molar-refractivity contribution in [2.45, 2.75) is 39.3 Å². The van der Waals surface area contributed by atoms with E-state index in [1.165, 1.54) is 18.5 Å². The van der Waals surface area contributed by atoms with Gasteiger partial charge in [-0.05, 0) is 26.7 Å².